The summed E-state index contributed by atoms with van der Waals surface area (Å²) in [5.41, 5.74) is 1.48. The lowest BCUT2D eigenvalue weighted by molar-refractivity contribution is -0.126. The van der Waals surface area contributed by atoms with Gasteiger partial charge in [0.05, 0.1) is 25.0 Å². The maximum absolute atomic E-state index is 12.7. The van der Waals surface area contributed by atoms with Gasteiger partial charge in [0.2, 0.25) is 5.91 Å². The van der Waals surface area contributed by atoms with E-state index in [2.05, 4.69) is 26.1 Å². The number of benzene rings is 2. The van der Waals surface area contributed by atoms with E-state index in [1.54, 1.807) is 48.5 Å². The fourth-order valence-electron chi connectivity index (χ4n) is 2.82. The molecule has 0 radical (unpaired) electrons. The van der Waals surface area contributed by atoms with Crippen LogP contribution in [-0.2, 0) is 9.59 Å². The highest BCUT2D eigenvalue weighted by Crippen LogP contribution is 2.16. The molecule has 2 aromatic carbocycles. The van der Waals surface area contributed by atoms with Gasteiger partial charge in [-0.15, -0.1) is 0 Å². The van der Waals surface area contributed by atoms with E-state index in [0.717, 1.165) is 0 Å². The van der Waals surface area contributed by atoms with Gasteiger partial charge in [0.15, 0.2) is 0 Å². The van der Waals surface area contributed by atoms with Crippen LogP contribution in [0.4, 0.5) is 5.69 Å². The Kier molecular flexibility index (Phi) is 7.36. The minimum absolute atomic E-state index is 0.283. The predicted molar refractivity (Wildman–Crippen MR) is 114 cm³/mol. The number of carbonyl (C=O) groups is 3. The normalized spacial score (nSPS) is 11.3. The number of aromatic amines is 1. The minimum Gasteiger partial charge on any atom is -0.494 e. The van der Waals surface area contributed by atoms with Gasteiger partial charge in [-0.05, 0) is 36.8 Å². The van der Waals surface area contributed by atoms with Crippen LogP contribution in [0.25, 0.3) is 0 Å². The first kappa shape index (κ1) is 21.6. The molecule has 3 amide bonds. The van der Waals surface area contributed by atoms with Crippen molar-refractivity contribution in [3.63, 3.8) is 0 Å². The number of hydrogen-bond donors (Lipinski definition) is 4. The van der Waals surface area contributed by atoms with E-state index in [0.29, 0.717) is 29.2 Å². The van der Waals surface area contributed by atoms with Crippen LogP contribution >= 0.6 is 0 Å². The van der Waals surface area contributed by atoms with E-state index in [9.17, 15) is 14.4 Å². The first-order chi connectivity index (χ1) is 15.1. The van der Waals surface area contributed by atoms with Crippen LogP contribution in [0.1, 0.15) is 28.9 Å². The lowest BCUT2D eigenvalue weighted by Crippen LogP contribution is -2.42. The van der Waals surface area contributed by atoms with E-state index in [4.69, 9.17) is 4.74 Å². The summed E-state index contributed by atoms with van der Waals surface area (Å²) in [6, 6.07) is 14.5. The molecule has 0 saturated heterocycles. The zero-order chi connectivity index (χ0) is 22.1. The lowest BCUT2D eigenvalue weighted by atomic mass is 10.1. The van der Waals surface area contributed by atoms with Crippen molar-refractivity contribution in [2.24, 2.45) is 0 Å². The Morgan fingerprint density at radius 2 is 1.81 bits per heavy atom. The van der Waals surface area contributed by atoms with E-state index in [-0.39, 0.29) is 6.54 Å². The molecule has 0 aliphatic carbocycles. The molecule has 0 aliphatic rings. The summed E-state index contributed by atoms with van der Waals surface area (Å²) in [6.45, 7) is 2.12. The Morgan fingerprint density at radius 1 is 1.06 bits per heavy atom. The quantitative estimate of drug-likeness (QED) is 0.421. The fourth-order valence-corrected chi connectivity index (χ4v) is 2.82. The molecule has 0 bridgehead atoms. The number of amides is 3. The molecule has 3 aromatic rings. The molecule has 0 saturated carbocycles. The molecule has 1 aromatic heterocycles. The Hall–Kier alpha value is -4.14. The molecule has 0 unspecified atom stereocenters. The van der Waals surface area contributed by atoms with E-state index < -0.39 is 23.8 Å². The Labute approximate surface area is 179 Å². The number of nitrogens with zero attached hydrogens (tertiary/aromatic N) is 1. The van der Waals surface area contributed by atoms with Gasteiger partial charge in [0.1, 0.15) is 11.8 Å². The third kappa shape index (κ3) is 6.17. The van der Waals surface area contributed by atoms with Crippen molar-refractivity contribution >= 4 is 23.4 Å². The van der Waals surface area contributed by atoms with Crippen LogP contribution < -0.4 is 20.7 Å². The van der Waals surface area contributed by atoms with Crippen LogP contribution in [0, 0.1) is 0 Å². The van der Waals surface area contributed by atoms with Crippen molar-refractivity contribution in [2.75, 3.05) is 18.5 Å². The van der Waals surface area contributed by atoms with Crippen LogP contribution in [0.2, 0.25) is 0 Å². The number of H-pyrrole nitrogens is 1. The number of anilines is 1. The van der Waals surface area contributed by atoms with Crippen LogP contribution in [0.3, 0.4) is 0 Å². The zero-order valence-electron chi connectivity index (χ0n) is 16.9. The molecule has 0 fully saturated rings. The molecule has 3 rings (SSSR count). The second kappa shape index (κ2) is 10.6. The maximum Gasteiger partial charge on any atom is 0.251 e. The number of rotatable bonds is 9. The number of nitrogens with one attached hydrogen (secondary N) is 4. The monoisotopic (exact) mass is 421 g/mol. The van der Waals surface area contributed by atoms with Crippen LogP contribution in [0.15, 0.2) is 67.0 Å². The SMILES string of the molecule is CCOc1ccc(C(=O)NCC(=O)N[C@@H](C(=O)Nc2cn[nH]c2)c2ccccc2)cc1. The summed E-state index contributed by atoms with van der Waals surface area (Å²) < 4.78 is 5.34. The number of hydrogen-bond acceptors (Lipinski definition) is 5. The highest BCUT2D eigenvalue weighted by Gasteiger charge is 2.23. The average molecular weight is 421 g/mol. The van der Waals surface area contributed by atoms with Gasteiger partial charge in [0, 0.05) is 11.8 Å². The number of carbonyl (C=O) groups excluding carboxylic acids is 3. The molecule has 9 nitrogen and oxygen atoms in total. The van der Waals surface area contributed by atoms with Crippen molar-refractivity contribution in [2.45, 2.75) is 13.0 Å². The molecular weight excluding hydrogens is 398 g/mol. The first-order valence-electron chi connectivity index (χ1n) is 9.72. The highest BCUT2D eigenvalue weighted by molar-refractivity contribution is 5.99. The molecule has 31 heavy (non-hydrogen) atoms. The van der Waals surface area contributed by atoms with E-state index in [1.165, 1.54) is 12.4 Å². The number of aromatic nitrogens is 2. The van der Waals surface area contributed by atoms with Gasteiger partial charge in [-0.3, -0.25) is 19.5 Å². The molecule has 4 N–H and O–H groups in total. The van der Waals surface area contributed by atoms with E-state index >= 15 is 0 Å². The maximum atomic E-state index is 12.7. The van der Waals surface area contributed by atoms with Gasteiger partial charge in [0.25, 0.3) is 11.8 Å². The van der Waals surface area contributed by atoms with Gasteiger partial charge in [-0.25, -0.2) is 0 Å². The number of ether oxygens (including phenoxy) is 1. The molecule has 0 aliphatic heterocycles. The summed E-state index contributed by atoms with van der Waals surface area (Å²) in [5, 5.41) is 14.3. The van der Waals surface area contributed by atoms with Crippen LogP contribution in [-0.4, -0.2) is 41.1 Å². The standard InChI is InChI=1S/C22H23N5O4/c1-2-31-18-10-8-16(9-11-18)21(29)23-14-19(28)27-20(15-6-4-3-5-7-15)22(30)26-17-12-24-25-13-17/h3-13,20H,2,14H2,1H3,(H,23,29)(H,24,25)(H,26,30)(H,27,28)/t20-/m1/s1. The lowest BCUT2D eigenvalue weighted by Gasteiger charge is -2.18. The largest absolute Gasteiger partial charge is 0.494 e. The third-order valence-electron chi connectivity index (χ3n) is 4.30. The predicted octanol–water partition coefficient (Wildman–Crippen LogP) is 2.03. The molecule has 1 heterocycles. The summed E-state index contributed by atoms with van der Waals surface area (Å²) in [4.78, 5) is 37.5. The van der Waals surface area contributed by atoms with Gasteiger partial charge >= 0.3 is 0 Å². The van der Waals surface area contributed by atoms with Crippen molar-refractivity contribution in [1.29, 1.82) is 0 Å². The Morgan fingerprint density at radius 3 is 2.45 bits per heavy atom. The van der Waals surface area contributed by atoms with Gasteiger partial charge in [-0.1, -0.05) is 30.3 Å². The highest BCUT2D eigenvalue weighted by atomic mass is 16.5. The first-order valence-corrected chi connectivity index (χ1v) is 9.72. The topological polar surface area (TPSA) is 125 Å². The van der Waals surface area contributed by atoms with Crippen molar-refractivity contribution in [3.05, 3.63) is 78.1 Å². The van der Waals surface area contributed by atoms with Crippen LogP contribution in [0.5, 0.6) is 5.75 Å². The third-order valence-corrected chi connectivity index (χ3v) is 4.30. The molecule has 9 heteroatoms. The second-order valence-electron chi connectivity index (χ2n) is 6.53. The van der Waals surface area contributed by atoms with Gasteiger partial charge < -0.3 is 20.7 Å². The second-order valence-corrected chi connectivity index (χ2v) is 6.53. The average Bonchev–Trinajstić information content (AvgIpc) is 3.30. The van der Waals surface area contributed by atoms with Crippen molar-refractivity contribution in [1.82, 2.24) is 20.8 Å². The molecule has 0 spiro atoms. The molecular formula is C22H23N5O4. The Balaban J connectivity index is 1.60. The van der Waals surface area contributed by atoms with Crippen molar-refractivity contribution in [3.8, 4) is 5.75 Å². The molecule has 160 valence electrons. The van der Waals surface area contributed by atoms with Crippen molar-refractivity contribution < 1.29 is 19.1 Å². The zero-order valence-corrected chi connectivity index (χ0v) is 16.9. The van der Waals surface area contributed by atoms with E-state index in [1.807, 2.05) is 13.0 Å². The van der Waals surface area contributed by atoms with Gasteiger partial charge in [-0.2, -0.15) is 5.10 Å². The smallest absolute Gasteiger partial charge is 0.251 e. The molecule has 1 atom stereocenters. The summed E-state index contributed by atoms with van der Waals surface area (Å²) >= 11 is 0. The summed E-state index contributed by atoms with van der Waals surface area (Å²) in [6.07, 6.45) is 2.98. The Bertz CT molecular complexity index is 1000. The minimum atomic E-state index is -0.939. The summed E-state index contributed by atoms with van der Waals surface area (Å²) in [7, 11) is 0. The fraction of sp³-hybridized carbons (Fsp3) is 0.182. The summed E-state index contributed by atoms with van der Waals surface area (Å²) in [5.74, 6) is -0.683.